The van der Waals surface area contributed by atoms with Gasteiger partial charge in [0.15, 0.2) is 0 Å². The van der Waals surface area contributed by atoms with Crippen molar-refractivity contribution in [2.45, 2.75) is 13.8 Å². The fourth-order valence-electron chi connectivity index (χ4n) is 1.98. The summed E-state index contributed by atoms with van der Waals surface area (Å²) in [4.78, 5) is 27.0. The minimum atomic E-state index is -0.488. The van der Waals surface area contributed by atoms with E-state index in [1.807, 2.05) is 13.8 Å². The van der Waals surface area contributed by atoms with Crippen LogP contribution in [-0.4, -0.2) is 59.9 Å². The van der Waals surface area contributed by atoms with E-state index >= 15 is 0 Å². The molecule has 0 saturated heterocycles. The second kappa shape index (κ2) is 8.88. The second-order valence-electron chi connectivity index (χ2n) is 4.89. The number of hydrogen-bond acceptors (Lipinski definition) is 8. The van der Waals surface area contributed by atoms with Crippen molar-refractivity contribution in [2.75, 3.05) is 33.9 Å². The van der Waals surface area contributed by atoms with Gasteiger partial charge in [0.1, 0.15) is 5.76 Å². The number of rotatable bonds is 7. The maximum absolute atomic E-state index is 12.2. The van der Waals surface area contributed by atoms with Gasteiger partial charge in [-0.2, -0.15) is 9.97 Å². The van der Waals surface area contributed by atoms with E-state index in [2.05, 4.69) is 9.97 Å². The Kier molecular flexibility index (Phi) is 6.58. The molecule has 1 aromatic rings. The normalized spacial score (nSPS) is 13.5. The molecular weight excluding hydrogens is 328 g/mol. The third-order valence-corrected chi connectivity index (χ3v) is 3.30. The highest BCUT2D eigenvalue weighted by molar-refractivity contribution is 5.69. The average molecular weight is 350 g/mol. The Balaban J connectivity index is 2.10. The Labute approximate surface area is 146 Å². The molecule has 25 heavy (non-hydrogen) atoms. The molecule has 136 valence electrons. The largest absolute Gasteiger partial charge is 0.481 e. The van der Waals surface area contributed by atoms with Crippen LogP contribution >= 0.6 is 0 Å². The molecule has 0 aromatic carbocycles. The molecule has 1 aromatic heterocycles. The molecule has 0 saturated carbocycles. The molecule has 9 heteroatoms. The van der Waals surface area contributed by atoms with E-state index in [0.717, 1.165) is 0 Å². The standard InChI is InChI=1S/C16H22N4O5/c1-5-20(6-2)25-16(21)19-9-7-8-12(11-19)24-15-17-13(22-3)10-14(18-15)23-4/h7-8,10-11H,5-6,9H2,1-4H3. The van der Waals surface area contributed by atoms with Gasteiger partial charge in [0.2, 0.25) is 11.8 Å². The zero-order valence-corrected chi connectivity index (χ0v) is 14.8. The van der Waals surface area contributed by atoms with E-state index in [4.69, 9.17) is 19.0 Å². The van der Waals surface area contributed by atoms with Crippen molar-refractivity contribution in [1.29, 1.82) is 0 Å². The summed E-state index contributed by atoms with van der Waals surface area (Å²) in [7, 11) is 2.96. The van der Waals surface area contributed by atoms with Crippen LogP contribution in [0.15, 0.2) is 30.2 Å². The maximum Gasteiger partial charge on any atom is 0.433 e. The van der Waals surface area contributed by atoms with Gasteiger partial charge < -0.3 is 19.0 Å². The monoisotopic (exact) mass is 350 g/mol. The van der Waals surface area contributed by atoms with Crippen molar-refractivity contribution < 1.29 is 23.8 Å². The van der Waals surface area contributed by atoms with Gasteiger partial charge in [0.25, 0.3) is 0 Å². The predicted molar refractivity (Wildman–Crippen MR) is 89.1 cm³/mol. The van der Waals surface area contributed by atoms with Gasteiger partial charge in [-0.25, -0.2) is 4.79 Å². The van der Waals surface area contributed by atoms with E-state index in [9.17, 15) is 4.79 Å². The highest BCUT2D eigenvalue weighted by atomic mass is 16.7. The summed E-state index contributed by atoms with van der Waals surface area (Å²) in [6.45, 7) is 5.41. The van der Waals surface area contributed by atoms with Crippen molar-refractivity contribution in [3.05, 3.63) is 30.2 Å². The summed E-state index contributed by atoms with van der Waals surface area (Å²) in [5, 5.41) is 1.56. The fourth-order valence-corrected chi connectivity index (χ4v) is 1.98. The highest BCUT2D eigenvalue weighted by Crippen LogP contribution is 2.21. The molecule has 0 radical (unpaired) electrons. The number of hydrogen-bond donors (Lipinski definition) is 0. The number of carbonyl (C=O) groups excluding carboxylic acids is 1. The van der Waals surface area contributed by atoms with Crippen LogP contribution in [0.5, 0.6) is 17.8 Å². The van der Waals surface area contributed by atoms with Crippen LogP contribution in [0, 0.1) is 0 Å². The summed E-state index contributed by atoms with van der Waals surface area (Å²) in [5.74, 6) is 0.998. The lowest BCUT2D eigenvalue weighted by Crippen LogP contribution is -2.36. The zero-order chi connectivity index (χ0) is 18.2. The maximum atomic E-state index is 12.2. The van der Waals surface area contributed by atoms with Gasteiger partial charge in [-0.05, 0) is 19.9 Å². The van der Waals surface area contributed by atoms with Gasteiger partial charge in [-0.1, -0.05) is 6.08 Å². The van der Waals surface area contributed by atoms with E-state index < -0.39 is 6.09 Å². The average Bonchev–Trinajstić information content (AvgIpc) is 2.65. The summed E-state index contributed by atoms with van der Waals surface area (Å²) in [5.41, 5.74) is 0. The number of carbonyl (C=O) groups is 1. The molecule has 2 heterocycles. The van der Waals surface area contributed by atoms with E-state index in [1.54, 1.807) is 17.2 Å². The highest BCUT2D eigenvalue weighted by Gasteiger charge is 2.19. The second-order valence-corrected chi connectivity index (χ2v) is 4.89. The Morgan fingerprint density at radius 1 is 1.20 bits per heavy atom. The smallest absolute Gasteiger partial charge is 0.433 e. The number of methoxy groups -OCH3 is 2. The summed E-state index contributed by atoms with van der Waals surface area (Å²) in [6.07, 6.45) is 4.53. The third kappa shape index (κ3) is 5.08. The van der Waals surface area contributed by atoms with Crippen molar-refractivity contribution in [1.82, 2.24) is 19.9 Å². The van der Waals surface area contributed by atoms with Gasteiger partial charge in [0.05, 0.1) is 26.5 Å². The zero-order valence-electron chi connectivity index (χ0n) is 14.8. The van der Waals surface area contributed by atoms with Crippen LogP contribution in [0.3, 0.4) is 0 Å². The number of hydroxylamine groups is 2. The van der Waals surface area contributed by atoms with Gasteiger partial charge in [-0.3, -0.25) is 4.90 Å². The van der Waals surface area contributed by atoms with Crippen LogP contribution < -0.4 is 14.2 Å². The van der Waals surface area contributed by atoms with Crippen LogP contribution in [0.1, 0.15) is 13.8 Å². The number of ether oxygens (including phenoxy) is 3. The lowest BCUT2D eigenvalue weighted by atomic mass is 10.3. The number of aromatic nitrogens is 2. The van der Waals surface area contributed by atoms with Crippen LogP contribution in [-0.2, 0) is 4.84 Å². The first-order chi connectivity index (χ1) is 12.1. The number of amides is 1. The first kappa shape index (κ1) is 18.5. The molecule has 0 N–H and O–H groups in total. The third-order valence-electron chi connectivity index (χ3n) is 3.30. The van der Waals surface area contributed by atoms with Crippen LogP contribution in [0.4, 0.5) is 4.79 Å². The molecule has 0 aliphatic carbocycles. The Bertz CT molecular complexity index is 636. The summed E-state index contributed by atoms with van der Waals surface area (Å²) >= 11 is 0. The lowest BCUT2D eigenvalue weighted by Gasteiger charge is -2.24. The van der Waals surface area contributed by atoms with E-state index in [-0.39, 0.29) is 6.01 Å². The van der Waals surface area contributed by atoms with Crippen molar-refractivity contribution in [3.8, 4) is 17.8 Å². The van der Waals surface area contributed by atoms with E-state index in [1.165, 1.54) is 31.4 Å². The van der Waals surface area contributed by atoms with E-state index in [0.29, 0.717) is 37.2 Å². The predicted octanol–water partition coefficient (Wildman–Crippen LogP) is 1.98. The number of allylic oxidation sites excluding steroid dienone is 1. The SMILES string of the molecule is CCN(CC)OC(=O)N1C=C(Oc2nc(OC)cc(OC)n2)C=CC1. The molecule has 1 amide bonds. The summed E-state index contributed by atoms with van der Waals surface area (Å²) < 4.78 is 15.8. The molecule has 2 rings (SSSR count). The molecule has 0 bridgehead atoms. The molecule has 9 nitrogen and oxygen atoms in total. The van der Waals surface area contributed by atoms with Crippen LogP contribution in [0.25, 0.3) is 0 Å². The minimum Gasteiger partial charge on any atom is -0.481 e. The van der Waals surface area contributed by atoms with Gasteiger partial charge >= 0.3 is 12.1 Å². The summed E-state index contributed by atoms with van der Waals surface area (Å²) in [6, 6.07) is 1.58. The molecule has 0 unspecified atom stereocenters. The number of nitrogens with zero attached hydrogens (tertiary/aromatic N) is 4. The minimum absolute atomic E-state index is 0.0473. The first-order valence-corrected chi connectivity index (χ1v) is 7.86. The van der Waals surface area contributed by atoms with Crippen molar-refractivity contribution >= 4 is 6.09 Å². The molecular formula is C16H22N4O5. The Hall–Kier alpha value is -2.81. The fraction of sp³-hybridized carbons (Fsp3) is 0.438. The van der Waals surface area contributed by atoms with Crippen molar-refractivity contribution in [2.24, 2.45) is 0 Å². The Morgan fingerprint density at radius 2 is 1.84 bits per heavy atom. The van der Waals surface area contributed by atoms with Gasteiger partial charge in [0, 0.05) is 19.6 Å². The quantitative estimate of drug-likeness (QED) is 0.690. The molecule has 1 aliphatic heterocycles. The lowest BCUT2D eigenvalue weighted by molar-refractivity contribution is -0.101. The van der Waals surface area contributed by atoms with Crippen LogP contribution in [0.2, 0.25) is 0 Å². The topological polar surface area (TPSA) is 86.3 Å². The molecule has 0 spiro atoms. The Morgan fingerprint density at radius 3 is 2.40 bits per heavy atom. The van der Waals surface area contributed by atoms with Crippen molar-refractivity contribution in [3.63, 3.8) is 0 Å². The molecule has 1 aliphatic rings. The van der Waals surface area contributed by atoms with Gasteiger partial charge in [-0.15, -0.1) is 5.06 Å². The first-order valence-electron chi connectivity index (χ1n) is 7.86. The molecule has 0 fully saturated rings. The molecule has 0 atom stereocenters.